The number of hydrazone groups is 1. The number of carbonyl (C=O) groups is 2. The van der Waals surface area contributed by atoms with Gasteiger partial charge in [-0.2, -0.15) is 10.2 Å². The Kier molecular flexibility index (Phi) is 6.39. The van der Waals surface area contributed by atoms with E-state index >= 15 is 9.59 Å². The van der Waals surface area contributed by atoms with Gasteiger partial charge in [0.1, 0.15) is 17.3 Å². The molecular weight excluding hydrogens is 568 g/mol. The van der Waals surface area contributed by atoms with E-state index in [2.05, 4.69) is 0 Å². The molecule has 1 aromatic heterocycles. The number of Topliss-reactive ketones (excluding diaryl/α,β-unsaturated/α-hetero) is 2. The predicted octanol–water partition coefficient (Wildman–Crippen LogP) is 7.97. The van der Waals surface area contributed by atoms with Gasteiger partial charge in [0.25, 0.3) is 0 Å². The number of carbonyl (C=O) groups excluding carboxylic acids is 2. The number of hydrogen-bond acceptors (Lipinski definition) is 5. The molecular formula is C40H30N4O2. The Morgan fingerprint density at radius 2 is 1.13 bits per heavy atom. The second kappa shape index (κ2) is 10.6. The molecule has 46 heavy (non-hydrogen) atoms. The third-order valence-corrected chi connectivity index (χ3v) is 9.08. The van der Waals surface area contributed by atoms with Gasteiger partial charge >= 0.3 is 0 Å². The molecule has 5 aromatic carbocycles. The van der Waals surface area contributed by atoms with Crippen LogP contribution < -0.4 is 5.01 Å². The highest BCUT2D eigenvalue weighted by Crippen LogP contribution is 2.53. The topological polar surface area (TPSA) is 67.6 Å². The second-order valence-corrected chi connectivity index (χ2v) is 11.9. The second-order valence-electron chi connectivity index (χ2n) is 11.9. The molecule has 6 aromatic rings. The number of hydrogen-bond donors (Lipinski definition) is 0. The fourth-order valence-electron chi connectivity index (χ4n) is 6.85. The summed E-state index contributed by atoms with van der Waals surface area (Å²) in [5.41, 5.74) is 5.99. The molecule has 6 nitrogen and oxygen atoms in total. The molecule has 0 radical (unpaired) electrons. The highest BCUT2D eigenvalue weighted by Gasteiger charge is 2.66. The van der Waals surface area contributed by atoms with E-state index < -0.39 is 11.5 Å². The standard InChI is InChI=1S/C40H30N4O2/c1-26-18-22-28(23-19-26)35-33-37(43(41-35)31-14-8-4-9-15-31)39(46)40(30-12-6-3-7-13-30)34(38(33)45)36(29-24-20-27(2)21-25-29)42-44(40)32-16-10-5-11-17-32/h3-25,34H,1-2H3/t34-,40-/m1/s1. The van der Waals surface area contributed by atoms with Crippen molar-refractivity contribution >= 4 is 23.0 Å². The SMILES string of the molecule is Cc1ccc(C2=NN(c3ccccc3)[C@@]3(c4ccccc4)C(=O)c4c(c(-c5ccc(C)cc5)nn4-c4ccccc4)C(=O)[C@@H]23)cc1. The Morgan fingerprint density at radius 1 is 0.609 bits per heavy atom. The molecule has 6 heteroatoms. The normalized spacial score (nSPS) is 18.7. The predicted molar refractivity (Wildman–Crippen MR) is 181 cm³/mol. The zero-order valence-electron chi connectivity index (χ0n) is 25.5. The lowest BCUT2D eigenvalue weighted by molar-refractivity contribution is 0.0741. The molecule has 222 valence electrons. The summed E-state index contributed by atoms with van der Waals surface area (Å²) in [6.07, 6.45) is 0. The van der Waals surface area contributed by atoms with Crippen molar-refractivity contribution in [2.45, 2.75) is 19.4 Å². The van der Waals surface area contributed by atoms with Gasteiger partial charge in [-0.25, -0.2) is 9.69 Å². The number of fused-ring (bicyclic) bond motifs is 2. The van der Waals surface area contributed by atoms with Crippen molar-refractivity contribution in [3.8, 4) is 16.9 Å². The minimum absolute atomic E-state index is 0.186. The van der Waals surface area contributed by atoms with Crippen LogP contribution >= 0.6 is 0 Å². The van der Waals surface area contributed by atoms with Gasteiger partial charge in [-0.15, -0.1) is 0 Å². The van der Waals surface area contributed by atoms with Crippen molar-refractivity contribution in [1.82, 2.24) is 9.78 Å². The lowest BCUT2D eigenvalue weighted by atomic mass is 9.64. The summed E-state index contributed by atoms with van der Waals surface area (Å²) in [5, 5.41) is 12.0. The molecule has 0 amide bonds. The van der Waals surface area contributed by atoms with Gasteiger partial charge in [0.05, 0.1) is 22.6 Å². The highest BCUT2D eigenvalue weighted by atomic mass is 16.2. The highest BCUT2D eigenvalue weighted by molar-refractivity contribution is 6.32. The summed E-state index contributed by atoms with van der Waals surface area (Å²) < 4.78 is 1.65. The molecule has 0 unspecified atom stereocenters. The Labute approximate surface area is 267 Å². The Morgan fingerprint density at radius 3 is 1.72 bits per heavy atom. The van der Waals surface area contributed by atoms with Gasteiger partial charge in [-0.3, -0.25) is 9.59 Å². The van der Waals surface area contributed by atoms with Gasteiger partial charge < -0.3 is 0 Å². The van der Waals surface area contributed by atoms with Crippen LogP contribution in [-0.4, -0.2) is 27.1 Å². The van der Waals surface area contributed by atoms with Crippen molar-refractivity contribution in [2.75, 3.05) is 5.01 Å². The number of benzene rings is 5. The van der Waals surface area contributed by atoms with Crippen LogP contribution in [0.3, 0.4) is 0 Å². The van der Waals surface area contributed by atoms with Gasteiger partial charge in [0.2, 0.25) is 5.78 Å². The van der Waals surface area contributed by atoms with Crippen LogP contribution in [0.15, 0.2) is 145 Å². The van der Waals surface area contributed by atoms with E-state index in [0.717, 1.165) is 22.3 Å². The first-order valence-corrected chi connectivity index (χ1v) is 15.4. The van der Waals surface area contributed by atoms with Crippen molar-refractivity contribution in [3.63, 3.8) is 0 Å². The van der Waals surface area contributed by atoms with Gasteiger partial charge in [-0.1, -0.05) is 126 Å². The first-order valence-electron chi connectivity index (χ1n) is 15.4. The van der Waals surface area contributed by atoms with Crippen molar-refractivity contribution in [3.05, 3.63) is 173 Å². The molecule has 0 spiro atoms. The first kappa shape index (κ1) is 27.7. The van der Waals surface area contributed by atoms with Crippen LogP contribution in [-0.2, 0) is 5.54 Å². The third kappa shape index (κ3) is 4.03. The number of rotatable bonds is 5. The van der Waals surface area contributed by atoms with Crippen molar-refractivity contribution < 1.29 is 9.59 Å². The lowest BCUT2D eigenvalue weighted by Crippen LogP contribution is -2.58. The van der Waals surface area contributed by atoms with Crippen molar-refractivity contribution in [1.29, 1.82) is 0 Å². The van der Waals surface area contributed by atoms with E-state index in [1.165, 1.54) is 0 Å². The summed E-state index contributed by atoms with van der Waals surface area (Å²) in [4.78, 5) is 31.2. The van der Waals surface area contributed by atoms with E-state index in [1.54, 1.807) is 9.69 Å². The van der Waals surface area contributed by atoms with Crippen LogP contribution in [0.1, 0.15) is 43.1 Å². The average molecular weight is 599 g/mol. The maximum absolute atomic E-state index is 15.7. The molecule has 1 aliphatic heterocycles. The van der Waals surface area contributed by atoms with Crippen LogP contribution in [0.25, 0.3) is 16.9 Å². The third-order valence-electron chi connectivity index (χ3n) is 9.08. The molecule has 0 saturated carbocycles. The van der Waals surface area contributed by atoms with E-state index in [4.69, 9.17) is 10.2 Å². The summed E-state index contributed by atoms with van der Waals surface area (Å²) in [6.45, 7) is 4.05. The number of nitrogens with zero attached hydrogens (tertiary/aromatic N) is 4. The molecule has 1 aliphatic carbocycles. The van der Waals surface area contributed by atoms with E-state index in [-0.39, 0.29) is 17.3 Å². The molecule has 2 atom stereocenters. The quantitative estimate of drug-likeness (QED) is 0.202. The van der Waals surface area contributed by atoms with Crippen LogP contribution in [0.4, 0.5) is 5.69 Å². The summed E-state index contributed by atoms with van der Waals surface area (Å²) in [7, 11) is 0. The average Bonchev–Trinajstić information content (AvgIpc) is 3.68. The summed E-state index contributed by atoms with van der Waals surface area (Å²) >= 11 is 0. The number of aryl methyl sites for hydroxylation is 2. The maximum Gasteiger partial charge on any atom is 0.215 e. The van der Waals surface area contributed by atoms with E-state index in [0.29, 0.717) is 33.9 Å². The fraction of sp³-hybridized carbons (Fsp3) is 0.100. The fourth-order valence-corrected chi connectivity index (χ4v) is 6.85. The minimum atomic E-state index is -1.50. The van der Waals surface area contributed by atoms with Crippen molar-refractivity contribution in [2.24, 2.45) is 11.0 Å². The molecule has 0 N–H and O–H groups in total. The number of para-hydroxylation sites is 2. The monoisotopic (exact) mass is 598 g/mol. The molecule has 0 bridgehead atoms. The lowest BCUT2D eigenvalue weighted by Gasteiger charge is -2.42. The minimum Gasteiger partial charge on any atom is -0.293 e. The molecule has 8 rings (SSSR count). The largest absolute Gasteiger partial charge is 0.293 e. The molecule has 2 aliphatic rings. The van der Waals surface area contributed by atoms with Gasteiger partial charge in [0, 0.05) is 5.56 Å². The van der Waals surface area contributed by atoms with E-state index in [9.17, 15) is 0 Å². The molecule has 0 fully saturated rings. The first-order chi connectivity index (χ1) is 22.5. The smallest absolute Gasteiger partial charge is 0.215 e. The Bertz CT molecular complexity index is 2140. The Balaban J connectivity index is 1.49. The summed E-state index contributed by atoms with van der Waals surface area (Å²) in [5.74, 6) is -1.35. The van der Waals surface area contributed by atoms with Crippen LogP contribution in [0.2, 0.25) is 0 Å². The zero-order valence-corrected chi connectivity index (χ0v) is 25.5. The number of anilines is 1. The van der Waals surface area contributed by atoms with Crippen LogP contribution in [0.5, 0.6) is 0 Å². The molecule has 2 heterocycles. The number of ketones is 2. The number of aromatic nitrogens is 2. The van der Waals surface area contributed by atoms with E-state index in [1.807, 2.05) is 153 Å². The maximum atomic E-state index is 15.7. The zero-order chi connectivity index (χ0) is 31.4. The molecule has 0 saturated heterocycles. The van der Waals surface area contributed by atoms with Crippen LogP contribution in [0, 0.1) is 19.8 Å². The van der Waals surface area contributed by atoms with Gasteiger partial charge in [-0.05, 0) is 49.2 Å². The Hall–Kier alpha value is -5.88. The summed E-state index contributed by atoms with van der Waals surface area (Å²) in [6, 6.07) is 44.7. The van der Waals surface area contributed by atoms with Gasteiger partial charge in [0.15, 0.2) is 11.3 Å².